The van der Waals surface area contributed by atoms with Crippen molar-refractivity contribution >= 4 is 17.3 Å². The molecule has 3 aliphatic rings. The molecule has 2 bridgehead atoms. The first kappa shape index (κ1) is 15.7. The molecule has 128 valence electrons. The highest BCUT2D eigenvalue weighted by Gasteiger charge is 2.38. The number of fused-ring (bicyclic) bond motifs is 2. The lowest BCUT2D eigenvalue weighted by Crippen LogP contribution is -2.26. The molecule has 1 N–H and O–H groups in total. The molecule has 3 aliphatic carbocycles. The van der Waals surface area contributed by atoms with Crippen LogP contribution < -0.4 is 10.1 Å². The fourth-order valence-electron chi connectivity index (χ4n) is 4.23. The molecule has 1 aromatic heterocycles. The van der Waals surface area contributed by atoms with Crippen LogP contribution in [0.25, 0.3) is 0 Å². The van der Waals surface area contributed by atoms with Crippen LogP contribution in [0.2, 0.25) is 0 Å². The molecule has 0 spiro atoms. The summed E-state index contributed by atoms with van der Waals surface area (Å²) in [4.78, 5) is 27.0. The molecule has 25 heavy (non-hydrogen) atoms. The zero-order chi connectivity index (χ0) is 17.4. The fraction of sp³-hybridized carbons (Fsp3) is 0.368. The van der Waals surface area contributed by atoms with E-state index >= 15 is 0 Å². The Bertz CT molecular complexity index is 842. The van der Waals surface area contributed by atoms with Crippen LogP contribution in [-0.2, 0) is 0 Å². The van der Waals surface area contributed by atoms with Crippen molar-refractivity contribution in [1.82, 2.24) is 4.98 Å². The van der Waals surface area contributed by atoms with Gasteiger partial charge in [-0.1, -0.05) is 6.07 Å². The number of carbonyl (C=O) groups excluding carboxylic acids is 1. The molecule has 1 aromatic carbocycles. The summed E-state index contributed by atoms with van der Waals surface area (Å²) in [6.45, 7) is 0. The minimum atomic E-state index is -0.767. The Balaban J connectivity index is 1.80. The molecule has 6 heteroatoms. The van der Waals surface area contributed by atoms with Crippen molar-refractivity contribution in [3.63, 3.8) is 0 Å². The summed E-state index contributed by atoms with van der Waals surface area (Å²) >= 11 is 0. The van der Waals surface area contributed by atoms with E-state index in [1.807, 2.05) is 24.3 Å². The molecular weight excluding hydrogens is 318 g/mol. The zero-order valence-corrected chi connectivity index (χ0v) is 14.0. The maximum Gasteiger partial charge on any atom is 0.335 e. The third-order valence-corrected chi connectivity index (χ3v) is 5.34. The third-order valence-electron chi connectivity index (χ3n) is 5.34. The van der Waals surface area contributed by atoms with Crippen LogP contribution in [0.5, 0.6) is 5.75 Å². The van der Waals surface area contributed by atoms with Crippen LogP contribution in [0.15, 0.2) is 35.6 Å². The second-order valence-electron chi connectivity index (χ2n) is 6.65. The molecule has 1 amide bonds. The second kappa shape index (κ2) is 6.27. The second-order valence-corrected chi connectivity index (χ2v) is 6.65. The predicted molar refractivity (Wildman–Crippen MR) is 94.6 cm³/mol. The third kappa shape index (κ3) is 2.67. The topological polar surface area (TPSA) is 80.7 Å². The van der Waals surface area contributed by atoms with Crippen LogP contribution in [0, 0.1) is 4.91 Å². The summed E-state index contributed by atoms with van der Waals surface area (Å²) < 4.78 is 5.27. The first-order chi connectivity index (χ1) is 12.2. The number of benzene rings is 1. The Morgan fingerprint density at radius 3 is 2.60 bits per heavy atom. The van der Waals surface area contributed by atoms with Crippen LogP contribution >= 0.6 is 0 Å². The van der Waals surface area contributed by atoms with Gasteiger partial charge in [0.15, 0.2) is 0 Å². The van der Waals surface area contributed by atoms with Gasteiger partial charge in [-0.2, -0.15) is 0 Å². The number of ether oxygens (including phenoxy) is 1. The highest BCUT2D eigenvalue weighted by Crippen LogP contribution is 2.52. The molecule has 0 saturated heterocycles. The van der Waals surface area contributed by atoms with Crippen LogP contribution in [0.3, 0.4) is 0 Å². The molecular formula is C19H19N3O3. The minimum Gasteiger partial charge on any atom is -0.497 e. The number of carbonyl (C=O) groups is 1. The maximum absolute atomic E-state index is 11.9. The lowest BCUT2D eigenvalue weighted by molar-refractivity contribution is 0.0993. The number of hydrogen-bond acceptors (Lipinski definition) is 5. The summed E-state index contributed by atoms with van der Waals surface area (Å²) in [7, 11) is 1.63. The highest BCUT2D eigenvalue weighted by molar-refractivity contribution is 5.95. The fourth-order valence-corrected chi connectivity index (χ4v) is 4.23. The van der Waals surface area contributed by atoms with Crippen molar-refractivity contribution in [1.29, 1.82) is 0 Å². The Morgan fingerprint density at radius 2 is 1.92 bits per heavy atom. The van der Waals surface area contributed by atoms with Gasteiger partial charge in [-0.3, -0.25) is 4.79 Å². The molecule has 1 saturated carbocycles. The number of amides is 1. The number of rotatable bonds is 4. The molecule has 0 radical (unpaired) electrons. The van der Waals surface area contributed by atoms with Crippen molar-refractivity contribution in [2.45, 2.75) is 37.5 Å². The van der Waals surface area contributed by atoms with Crippen molar-refractivity contribution in [2.75, 3.05) is 12.4 Å². The van der Waals surface area contributed by atoms with Crippen LogP contribution in [-0.4, -0.2) is 18.0 Å². The summed E-state index contributed by atoms with van der Waals surface area (Å²) in [5.74, 6) is 0.691. The van der Waals surface area contributed by atoms with Crippen molar-refractivity contribution in [2.24, 2.45) is 5.18 Å². The number of aromatic nitrogens is 1. The lowest BCUT2D eigenvalue weighted by atomic mass is 9.66. The van der Waals surface area contributed by atoms with Crippen molar-refractivity contribution in [3.8, 4) is 5.75 Å². The van der Waals surface area contributed by atoms with E-state index in [0.29, 0.717) is 11.8 Å². The van der Waals surface area contributed by atoms with E-state index in [1.165, 1.54) is 0 Å². The molecule has 0 atom stereocenters. The Hall–Kier alpha value is -2.76. The van der Waals surface area contributed by atoms with Crippen LogP contribution in [0.4, 0.5) is 11.4 Å². The smallest absolute Gasteiger partial charge is 0.335 e. The van der Waals surface area contributed by atoms with Crippen LogP contribution in [0.1, 0.15) is 59.1 Å². The molecule has 6 nitrogen and oxygen atoms in total. The lowest BCUT2D eigenvalue weighted by Gasteiger charge is -2.39. The normalized spacial score (nSPS) is 20.7. The number of nitroso groups, excluding NO2 is 1. The van der Waals surface area contributed by atoms with Gasteiger partial charge in [-0.15, -0.1) is 4.91 Å². The van der Waals surface area contributed by atoms with Gasteiger partial charge in [-0.25, -0.2) is 4.98 Å². The standard InChI is InChI=1S/C19H19N3O3/c1-25-14-4-2-3-13(9-14)21-15-10-20-18(19(23)22-24)17-12-7-5-11(6-8-12)16(15)17/h2-4,9-12,21H,5-8H2,1H3. The average Bonchev–Trinajstić information content (AvgIpc) is 2.68. The van der Waals surface area contributed by atoms with Gasteiger partial charge in [0, 0.05) is 16.9 Å². The van der Waals surface area contributed by atoms with Crippen molar-refractivity contribution < 1.29 is 9.53 Å². The maximum atomic E-state index is 11.9. The van der Waals surface area contributed by atoms with E-state index in [1.54, 1.807) is 13.3 Å². The number of hydrogen-bond donors (Lipinski definition) is 1. The number of methoxy groups -OCH3 is 1. The van der Waals surface area contributed by atoms with Gasteiger partial charge in [0.1, 0.15) is 11.4 Å². The minimum absolute atomic E-state index is 0.232. The number of nitrogens with zero attached hydrogens (tertiary/aromatic N) is 2. The van der Waals surface area contributed by atoms with Gasteiger partial charge >= 0.3 is 5.91 Å². The average molecular weight is 337 g/mol. The number of pyridine rings is 1. The summed E-state index contributed by atoms with van der Waals surface area (Å²) in [5, 5.41) is 6.01. The van der Waals surface area contributed by atoms with E-state index in [4.69, 9.17) is 4.74 Å². The molecule has 5 rings (SSSR count). The number of anilines is 2. The molecule has 0 unspecified atom stereocenters. The van der Waals surface area contributed by atoms with Gasteiger partial charge in [0.25, 0.3) is 0 Å². The van der Waals surface area contributed by atoms with Crippen molar-refractivity contribution in [3.05, 3.63) is 52.2 Å². The SMILES string of the molecule is COc1cccc(Nc2cnc(C(=O)N=O)c3c2C2CCC3CC2)c1. The van der Waals surface area contributed by atoms with E-state index in [9.17, 15) is 9.70 Å². The quantitative estimate of drug-likeness (QED) is 0.831. The Labute approximate surface area is 145 Å². The van der Waals surface area contributed by atoms with E-state index in [0.717, 1.165) is 53.9 Å². The highest BCUT2D eigenvalue weighted by atomic mass is 16.5. The summed E-state index contributed by atoms with van der Waals surface area (Å²) in [6.07, 6.45) is 5.95. The van der Waals surface area contributed by atoms with E-state index in [-0.39, 0.29) is 5.69 Å². The predicted octanol–water partition coefficient (Wildman–Crippen LogP) is 4.50. The first-order valence-electron chi connectivity index (χ1n) is 8.52. The van der Waals surface area contributed by atoms with Gasteiger partial charge in [0.05, 0.1) is 19.0 Å². The van der Waals surface area contributed by atoms with Gasteiger partial charge < -0.3 is 10.1 Å². The molecule has 2 aromatic rings. The molecule has 1 fully saturated rings. The monoisotopic (exact) mass is 337 g/mol. The molecule has 0 aliphatic heterocycles. The van der Waals surface area contributed by atoms with E-state index < -0.39 is 5.91 Å². The largest absolute Gasteiger partial charge is 0.497 e. The molecule has 1 heterocycles. The Morgan fingerprint density at radius 1 is 1.20 bits per heavy atom. The zero-order valence-electron chi connectivity index (χ0n) is 14.0. The number of nitrogens with one attached hydrogen (secondary N) is 1. The summed E-state index contributed by atoms with van der Waals surface area (Å²) in [5.41, 5.74) is 4.10. The van der Waals surface area contributed by atoms with Gasteiger partial charge in [0.2, 0.25) is 0 Å². The van der Waals surface area contributed by atoms with Gasteiger partial charge in [-0.05, 0) is 60.8 Å². The Kier molecular flexibility index (Phi) is 3.95. The first-order valence-corrected chi connectivity index (χ1v) is 8.52. The van der Waals surface area contributed by atoms with E-state index in [2.05, 4.69) is 15.5 Å². The summed E-state index contributed by atoms with van der Waals surface area (Å²) in [6, 6.07) is 7.68.